The van der Waals surface area contributed by atoms with Gasteiger partial charge in [-0.1, -0.05) is 0 Å². The molecule has 3 rings (SSSR count). The van der Waals surface area contributed by atoms with Gasteiger partial charge in [-0.05, 0) is 36.8 Å². The second-order valence-corrected chi connectivity index (χ2v) is 6.29. The molecule has 24 heavy (non-hydrogen) atoms. The highest BCUT2D eigenvalue weighted by molar-refractivity contribution is 7.17. The Balaban J connectivity index is 1.55. The van der Waals surface area contributed by atoms with Crippen LogP contribution in [0, 0.1) is 0 Å². The topological polar surface area (TPSA) is 71.8 Å². The number of nitrogens with one attached hydrogen (secondary N) is 2. The Morgan fingerprint density at radius 2 is 2.08 bits per heavy atom. The highest BCUT2D eigenvalue weighted by Gasteiger charge is 2.11. The number of carbonyl (C=O) groups is 1. The van der Waals surface area contributed by atoms with Gasteiger partial charge in [-0.25, -0.2) is 9.97 Å². The standard InChI is InChI=1S/C17H19N5OS/c1-18-17-20-9-7-13(21-17)14-5-6-15(24-14)16(23)19-8-4-12-22-10-2-3-11-22/h2-3,5-7,9-11H,4,8,12H2,1H3,(H,19,23)(H,18,20,21). The first-order valence-corrected chi connectivity index (χ1v) is 8.58. The summed E-state index contributed by atoms with van der Waals surface area (Å²) >= 11 is 1.43. The van der Waals surface area contributed by atoms with Crippen LogP contribution in [0.5, 0.6) is 0 Å². The van der Waals surface area contributed by atoms with Crippen molar-refractivity contribution < 1.29 is 4.79 Å². The molecule has 0 aliphatic carbocycles. The van der Waals surface area contributed by atoms with Gasteiger partial charge in [0, 0.05) is 38.7 Å². The van der Waals surface area contributed by atoms with E-state index < -0.39 is 0 Å². The summed E-state index contributed by atoms with van der Waals surface area (Å²) in [6.07, 6.45) is 6.65. The molecule has 7 heteroatoms. The number of rotatable bonds is 7. The van der Waals surface area contributed by atoms with Crippen molar-refractivity contribution in [1.29, 1.82) is 0 Å². The van der Waals surface area contributed by atoms with Crippen molar-refractivity contribution in [2.75, 3.05) is 18.9 Å². The number of hydrogen-bond donors (Lipinski definition) is 2. The summed E-state index contributed by atoms with van der Waals surface area (Å²) in [6, 6.07) is 9.59. The van der Waals surface area contributed by atoms with E-state index in [0.29, 0.717) is 17.4 Å². The maximum atomic E-state index is 12.2. The van der Waals surface area contributed by atoms with Crippen molar-refractivity contribution >= 4 is 23.2 Å². The molecule has 2 N–H and O–H groups in total. The second-order valence-electron chi connectivity index (χ2n) is 5.21. The maximum Gasteiger partial charge on any atom is 0.261 e. The smallest absolute Gasteiger partial charge is 0.261 e. The highest BCUT2D eigenvalue weighted by atomic mass is 32.1. The molecule has 0 unspecified atom stereocenters. The molecular weight excluding hydrogens is 322 g/mol. The van der Waals surface area contributed by atoms with Crippen LogP contribution >= 0.6 is 11.3 Å². The molecule has 0 aromatic carbocycles. The third kappa shape index (κ3) is 3.99. The Kier molecular flexibility index (Phi) is 5.22. The molecule has 6 nitrogen and oxygen atoms in total. The molecule has 0 aliphatic rings. The summed E-state index contributed by atoms with van der Waals surface area (Å²) in [4.78, 5) is 22.4. The minimum atomic E-state index is -0.0401. The Hall–Kier alpha value is -2.67. The summed E-state index contributed by atoms with van der Waals surface area (Å²) < 4.78 is 2.10. The molecule has 0 bridgehead atoms. The SMILES string of the molecule is CNc1nccc(-c2ccc(C(=O)NCCCn3cccc3)s2)n1. The van der Waals surface area contributed by atoms with Gasteiger partial charge in [-0.3, -0.25) is 4.79 Å². The number of hydrogen-bond acceptors (Lipinski definition) is 5. The maximum absolute atomic E-state index is 12.2. The molecule has 3 aromatic rings. The van der Waals surface area contributed by atoms with Crippen LogP contribution in [0.2, 0.25) is 0 Å². The lowest BCUT2D eigenvalue weighted by Gasteiger charge is -2.04. The van der Waals surface area contributed by atoms with E-state index in [1.807, 2.05) is 42.7 Å². The summed E-state index contributed by atoms with van der Waals surface area (Å²) in [5, 5.41) is 5.88. The molecule has 0 spiro atoms. The van der Waals surface area contributed by atoms with E-state index in [0.717, 1.165) is 23.5 Å². The molecule has 124 valence electrons. The minimum Gasteiger partial charge on any atom is -0.357 e. The van der Waals surface area contributed by atoms with Crippen LogP contribution in [0.15, 0.2) is 48.9 Å². The van der Waals surface area contributed by atoms with Crippen molar-refractivity contribution in [2.24, 2.45) is 0 Å². The highest BCUT2D eigenvalue weighted by Crippen LogP contribution is 2.26. The van der Waals surface area contributed by atoms with Crippen LogP contribution in [-0.2, 0) is 6.54 Å². The summed E-state index contributed by atoms with van der Waals surface area (Å²) in [5.41, 5.74) is 0.811. The van der Waals surface area contributed by atoms with Gasteiger partial charge in [-0.2, -0.15) is 0 Å². The van der Waals surface area contributed by atoms with Gasteiger partial charge < -0.3 is 15.2 Å². The zero-order chi connectivity index (χ0) is 16.8. The fraction of sp³-hybridized carbons (Fsp3) is 0.235. The largest absolute Gasteiger partial charge is 0.357 e. The summed E-state index contributed by atoms with van der Waals surface area (Å²) in [7, 11) is 1.78. The van der Waals surface area contributed by atoms with E-state index in [9.17, 15) is 4.79 Å². The molecule has 0 saturated carbocycles. The normalized spacial score (nSPS) is 10.5. The fourth-order valence-electron chi connectivity index (χ4n) is 2.28. The number of carbonyl (C=O) groups excluding carboxylic acids is 1. The van der Waals surface area contributed by atoms with Crippen LogP contribution in [-0.4, -0.2) is 34.0 Å². The molecule has 3 aromatic heterocycles. The Morgan fingerprint density at radius 1 is 1.25 bits per heavy atom. The number of aromatic nitrogens is 3. The van der Waals surface area contributed by atoms with E-state index >= 15 is 0 Å². The molecular formula is C17H19N5OS. The fourth-order valence-corrected chi connectivity index (χ4v) is 3.18. The molecule has 0 radical (unpaired) electrons. The summed E-state index contributed by atoms with van der Waals surface area (Å²) in [6.45, 7) is 1.55. The van der Waals surface area contributed by atoms with Crippen LogP contribution in [0.3, 0.4) is 0 Å². The minimum absolute atomic E-state index is 0.0401. The van der Waals surface area contributed by atoms with Crippen LogP contribution < -0.4 is 10.6 Å². The van der Waals surface area contributed by atoms with Crippen molar-refractivity contribution in [3.05, 3.63) is 53.8 Å². The average Bonchev–Trinajstić information content (AvgIpc) is 3.30. The number of thiophene rings is 1. The number of aryl methyl sites for hydroxylation is 1. The van der Waals surface area contributed by atoms with Gasteiger partial charge >= 0.3 is 0 Å². The monoisotopic (exact) mass is 341 g/mol. The van der Waals surface area contributed by atoms with Crippen LogP contribution in [0.25, 0.3) is 10.6 Å². The van der Waals surface area contributed by atoms with Gasteiger partial charge in [0.25, 0.3) is 5.91 Å². The van der Waals surface area contributed by atoms with Crippen LogP contribution in [0.4, 0.5) is 5.95 Å². The Morgan fingerprint density at radius 3 is 2.88 bits per heavy atom. The first kappa shape index (κ1) is 16.2. The third-order valence-corrected chi connectivity index (χ3v) is 4.61. The third-order valence-electron chi connectivity index (χ3n) is 3.51. The Bertz CT molecular complexity index is 797. The molecule has 3 heterocycles. The Labute approximate surface area is 144 Å². The molecule has 0 saturated heterocycles. The average molecular weight is 341 g/mol. The zero-order valence-corrected chi connectivity index (χ0v) is 14.2. The van der Waals surface area contributed by atoms with Crippen molar-refractivity contribution in [3.8, 4) is 10.6 Å². The van der Waals surface area contributed by atoms with E-state index in [1.165, 1.54) is 11.3 Å². The number of anilines is 1. The van der Waals surface area contributed by atoms with Gasteiger partial charge in [-0.15, -0.1) is 11.3 Å². The number of amides is 1. The lowest BCUT2D eigenvalue weighted by molar-refractivity contribution is 0.0957. The first-order valence-electron chi connectivity index (χ1n) is 7.76. The van der Waals surface area contributed by atoms with Crippen molar-refractivity contribution in [3.63, 3.8) is 0 Å². The van der Waals surface area contributed by atoms with Gasteiger partial charge in [0.15, 0.2) is 0 Å². The molecule has 0 fully saturated rings. The van der Waals surface area contributed by atoms with Crippen molar-refractivity contribution in [2.45, 2.75) is 13.0 Å². The molecule has 1 amide bonds. The van der Waals surface area contributed by atoms with E-state index in [2.05, 4.69) is 25.2 Å². The second kappa shape index (κ2) is 7.74. The van der Waals surface area contributed by atoms with Crippen LogP contribution in [0.1, 0.15) is 16.1 Å². The lowest BCUT2D eigenvalue weighted by Crippen LogP contribution is -2.24. The van der Waals surface area contributed by atoms with E-state index in [1.54, 1.807) is 13.2 Å². The zero-order valence-electron chi connectivity index (χ0n) is 13.4. The molecule has 0 aliphatic heterocycles. The van der Waals surface area contributed by atoms with E-state index in [-0.39, 0.29) is 5.91 Å². The van der Waals surface area contributed by atoms with Gasteiger partial charge in [0.1, 0.15) is 0 Å². The predicted molar refractivity (Wildman–Crippen MR) is 96.3 cm³/mol. The summed E-state index contributed by atoms with van der Waals surface area (Å²) in [5.74, 6) is 0.526. The molecule has 0 atom stereocenters. The van der Waals surface area contributed by atoms with E-state index in [4.69, 9.17) is 0 Å². The lowest BCUT2D eigenvalue weighted by atomic mass is 10.3. The van der Waals surface area contributed by atoms with Gasteiger partial charge in [0.05, 0.1) is 15.4 Å². The van der Waals surface area contributed by atoms with Crippen molar-refractivity contribution in [1.82, 2.24) is 19.9 Å². The predicted octanol–water partition coefficient (Wildman–Crippen LogP) is 2.87. The first-order chi connectivity index (χ1) is 11.8. The quantitative estimate of drug-likeness (QED) is 0.648. The van der Waals surface area contributed by atoms with Gasteiger partial charge in [0.2, 0.25) is 5.95 Å². The number of nitrogens with zero attached hydrogens (tertiary/aromatic N) is 3.